The fraction of sp³-hybridized carbons (Fsp3) is 0.455. The Kier molecular flexibility index (Phi) is 6.99. The van der Waals surface area contributed by atoms with E-state index in [1.54, 1.807) is 35.5 Å². The zero-order valence-corrected chi connectivity index (χ0v) is 18.2. The van der Waals surface area contributed by atoms with Crippen molar-refractivity contribution < 1.29 is 9.59 Å². The first-order chi connectivity index (χ1) is 15.1. The number of benzene rings is 1. The predicted octanol–water partition coefficient (Wildman–Crippen LogP) is 2.20. The molecule has 0 radical (unpaired) electrons. The summed E-state index contributed by atoms with van der Waals surface area (Å²) in [5.74, 6) is 0.651. The van der Waals surface area contributed by atoms with E-state index in [0.29, 0.717) is 35.8 Å². The molecule has 2 fully saturated rings. The van der Waals surface area contributed by atoms with E-state index in [0.717, 1.165) is 51.5 Å². The van der Waals surface area contributed by atoms with Crippen LogP contribution >= 0.6 is 11.6 Å². The van der Waals surface area contributed by atoms with E-state index in [1.807, 2.05) is 6.07 Å². The van der Waals surface area contributed by atoms with Gasteiger partial charge in [-0.05, 0) is 43.7 Å². The normalized spacial score (nSPS) is 17.3. The van der Waals surface area contributed by atoms with Gasteiger partial charge in [0.2, 0.25) is 11.9 Å². The van der Waals surface area contributed by atoms with Gasteiger partial charge in [-0.15, -0.1) is 0 Å². The minimum Gasteiger partial charge on any atom is -0.352 e. The second-order valence-electron chi connectivity index (χ2n) is 7.80. The van der Waals surface area contributed by atoms with Gasteiger partial charge in [0, 0.05) is 63.1 Å². The first kappa shape index (κ1) is 21.5. The maximum atomic E-state index is 12.8. The first-order valence-corrected chi connectivity index (χ1v) is 11.1. The van der Waals surface area contributed by atoms with E-state index in [4.69, 9.17) is 11.6 Å². The molecule has 1 N–H and O–H groups in total. The number of amides is 2. The Bertz CT molecular complexity index is 917. The molecule has 0 bridgehead atoms. The van der Waals surface area contributed by atoms with Crippen LogP contribution < -0.4 is 15.1 Å². The summed E-state index contributed by atoms with van der Waals surface area (Å²) in [6.45, 7) is 5.82. The van der Waals surface area contributed by atoms with Gasteiger partial charge in [0.05, 0.1) is 11.3 Å². The van der Waals surface area contributed by atoms with Crippen molar-refractivity contribution in [3.63, 3.8) is 0 Å². The Morgan fingerprint density at radius 1 is 1.10 bits per heavy atom. The molecule has 0 atom stereocenters. The molecule has 4 rings (SSSR count). The third-order valence-electron chi connectivity index (χ3n) is 5.71. The van der Waals surface area contributed by atoms with Crippen LogP contribution in [0.4, 0.5) is 11.6 Å². The lowest BCUT2D eigenvalue weighted by molar-refractivity contribution is -0.117. The number of carbonyl (C=O) groups excluding carboxylic acids is 2. The van der Waals surface area contributed by atoms with Gasteiger partial charge in [-0.2, -0.15) is 0 Å². The maximum absolute atomic E-state index is 12.8. The summed E-state index contributed by atoms with van der Waals surface area (Å²) in [6, 6.07) is 6.92. The highest BCUT2D eigenvalue weighted by Crippen LogP contribution is 2.28. The van der Waals surface area contributed by atoms with Gasteiger partial charge in [-0.3, -0.25) is 14.5 Å². The van der Waals surface area contributed by atoms with Gasteiger partial charge in [0.15, 0.2) is 0 Å². The molecular formula is C22H27ClN6O2. The Hall–Kier alpha value is -2.71. The molecule has 2 aromatic rings. The zero-order valence-electron chi connectivity index (χ0n) is 17.5. The molecule has 0 saturated carbocycles. The summed E-state index contributed by atoms with van der Waals surface area (Å²) in [5.41, 5.74) is 1.10. The van der Waals surface area contributed by atoms with Gasteiger partial charge >= 0.3 is 0 Å². The average molecular weight is 443 g/mol. The molecule has 1 aromatic carbocycles. The molecule has 0 aliphatic carbocycles. The van der Waals surface area contributed by atoms with Gasteiger partial charge < -0.3 is 15.1 Å². The van der Waals surface area contributed by atoms with E-state index in [9.17, 15) is 9.59 Å². The Balaban J connectivity index is 1.24. The van der Waals surface area contributed by atoms with Crippen molar-refractivity contribution in [2.75, 3.05) is 55.6 Å². The minimum atomic E-state index is -0.169. The summed E-state index contributed by atoms with van der Waals surface area (Å²) in [6.07, 6.45) is 5.71. The molecule has 0 unspecified atom stereocenters. The van der Waals surface area contributed by atoms with Gasteiger partial charge in [0.1, 0.15) is 0 Å². The van der Waals surface area contributed by atoms with Crippen LogP contribution in [0.5, 0.6) is 0 Å². The summed E-state index contributed by atoms with van der Waals surface area (Å²) in [5, 5.41) is 3.51. The summed E-state index contributed by atoms with van der Waals surface area (Å²) in [7, 11) is 0. The van der Waals surface area contributed by atoms with Crippen LogP contribution in [0.3, 0.4) is 0 Å². The van der Waals surface area contributed by atoms with Crippen LogP contribution in [0.1, 0.15) is 29.6 Å². The lowest BCUT2D eigenvalue weighted by Crippen LogP contribution is -2.47. The molecule has 31 heavy (non-hydrogen) atoms. The van der Waals surface area contributed by atoms with Crippen molar-refractivity contribution in [3.05, 3.63) is 47.2 Å². The molecule has 2 amide bonds. The highest BCUT2D eigenvalue weighted by atomic mass is 35.5. The van der Waals surface area contributed by atoms with Gasteiger partial charge in [0.25, 0.3) is 5.91 Å². The Morgan fingerprint density at radius 2 is 1.87 bits per heavy atom. The fourth-order valence-electron chi connectivity index (χ4n) is 4.05. The van der Waals surface area contributed by atoms with Crippen LogP contribution in [0.25, 0.3) is 0 Å². The number of rotatable bonds is 7. The highest BCUT2D eigenvalue weighted by molar-refractivity contribution is 6.31. The zero-order chi connectivity index (χ0) is 21.6. The number of hydrogen-bond donors (Lipinski definition) is 1. The quantitative estimate of drug-likeness (QED) is 0.662. The third kappa shape index (κ3) is 5.32. The van der Waals surface area contributed by atoms with Crippen LogP contribution in [0.2, 0.25) is 5.02 Å². The fourth-order valence-corrected chi connectivity index (χ4v) is 4.22. The van der Waals surface area contributed by atoms with E-state index in [2.05, 4.69) is 25.1 Å². The highest BCUT2D eigenvalue weighted by Gasteiger charge is 2.26. The van der Waals surface area contributed by atoms with E-state index < -0.39 is 0 Å². The van der Waals surface area contributed by atoms with E-state index >= 15 is 0 Å². The van der Waals surface area contributed by atoms with Crippen molar-refractivity contribution in [3.8, 4) is 0 Å². The predicted molar refractivity (Wildman–Crippen MR) is 121 cm³/mol. The number of hydrogen-bond acceptors (Lipinski definition) is 6. The SMILES string of the molecule is O=C(NCCCN1CCN(c2ncccn2)CC1)c1ccc(Cl)cc1N1CCCC1=O. The molecule has 8 nitrogen and oxygen atoms in total. The van der Waals surface area contributed by atoms with E-state index in [1.165, 1.54) is 0 Å². The largest absolute Gasteiger partial charge is 0.352 e. The monoisotopic (exact) mass is 442 g/mol. The molecule has 1 aromatic heterocycles. The smallest absolute Gasteiger partial charge is 0.253 e. The summed E-state index contributed by atoms with van der Waals surface area (Å²) < 4.78 is 0. The number of anilines is 2. The van der Waals surface area contributed by atoms with Crippen molar-refractivity contribution in [2.45, 2.75) is 19.3 Å². The first-order valence-electron chi connectivity index (χ1n) is 10.7. The van der Waals surface area contributed by atoms with E-state index in [-0.39, 0.29) is 11.8 Å². The Morgan fingerprint density at radius 3 is 2.58 bits per heavy atom. The second kappa shape index (κ2) is 10.1. The number of aromatic nitrogens is 2. The topological polar surface area (TPSA) is 81.7 Å². The summed E-state index contributed by atoms with van der Waals surface area (Å²) in [4.78, 5) is 39.8. The van der Waals surface area contributed by atoms with Crippen LogP contribution in [0.15, 0.2) is 36.7 Å². The lowest BCUT2D eigenvalue weighted by Gasteiger charge is -2.34. The molecule has 2 aliphatic heterocycles. The molecule has 164 valence electrons. The lowest BCUT2D eigenvalue weighted by atomic mass is 10.1. The Labute approximate surface area is 187 Å². The maximum Gasteiger partial charge on any atom is 0.253 e. The average Bonchev–Trinajstić information content (AvgIpc) is 3.23. The van der Waals surface area contributed by atoms with Crippen molar-refractivity contribution >= 4 is 35.1 Å². The molecule has 2 aliphatic rings. The second-order valence-corrected chi connectivity index (χ2v) is 8.23. The third-order valence-corrected chi connectivity index (χ3v) is 5.95. The standard InChI is InChI=1S/C22H27ClN6O2/c23-17-5-6-18(19(16-17)29-11-1-4-20(29)30)21(31)24-9-3-10-27-12-14-28(15-13-27)22-25-7-2-8-26-22/h2,5-8,16H,1,3-4,9-15H2,(H,24,31). The number of halogens is 1. The number of carbonyl (C=O) groups is 2. The van der Waals surface area contributed by atoms with Crippen molar-refractivity contribution in [1.29, 1.82) is 0 Å². The number of piperazine rings is 1. The van der Waals surface area contributed by atoms with Crippen LogP contribution in [0, 0.1) is 0 Å². The van der Waals surface area contributed by atoms with Crippen molar-refractivity contribution in [1.82, 2.24) is 20.2 Å². The van der Waals surface area contributed by atoms with Crippen LogP contribution in [-0.4, -0.2) is 72.5 Å². The molecular weight excluding hydrogens is 416 g/mol. The molecule has 9 heteroatoms. The molecule has 2 saturated heterocycles. The number of nitrogens with zero attached hydrogens (tertiary/aromatic N) is 5. The molecule has 3 heterocycles. The van der Waals surface area contributed by atoms with Gasteiger partial charge in [-0.25, -0.2) is 9.97 Å². The minimum absolute atomic E-state index is 0.0383. The van der Waals surface area contributed by atoms with Crippen LogP contribution in [-0.2, 0) is 4.79 Å². The molecule has 0 spiro atoms. The van der Waals surface area contributed by atoms with Crippen molar-refractivity contribution in [2.24, 2.45) is 0 Å². The van der Waals surface area contributed by atoms with Gasteiger partial charge in [-0.1, -0.05) is 11.6 Å². The summed E-state index contributed by atoms with van der Waals surface area (Å²) >= 11 is 6.12. The number of nitrogens with one attached hydrogen (secondary N) is 1.